The Balaban J connectivity index is 3.08. The lowest BCUT2D eigenvalue weighted by Crippen LogP contribution is -2.65. The number of nitrogens with one attached hydrogen (secondary N) is 1. The van der Waals surface area contributed by atoms with Gasteiger partial charge < -0.3 is 10.2 Å². The highest BCUT2D eigenvalue weighted by atomic mass is 16.2. The molecular formula is C12H18N2O2. The Kier molecular flexibility index (Phi) is 3.58. The van der Waals surface area contributed by atoms with Gasteiger partial charge in [0.1, 0.15) is 12.1 Å². The second-order valence-electron chi connectivity index (χ2n) is 4.51. The number of rotatable bonds is 2. The molecule has 0 radical (unpaired) electrons. The average Bonchev–Trinajstić information content (AvgIpc) is 2.21. The van der Waals surface area contributed by atoms with Gasteiger partial charge in [-0.1, -0.05) is 19.8 Å². The smallest absolute Gasteiger partial charge is 0.246 e. The third kappa shape index (κ3) is 2.04. The van der Waals surface area contributed by atoms with Crippen LogP contribution in [0.5, 0.6) is 0 Å². The van der Waals surface area contributed by atoms with Crippen LogP contribution >= 0.6 is 0 Å². The molecule has 2 amide bonds. The molecule has 1 N–H and O–H groups in total. The zero-order valence-electron chi connectivity index (χ0n) is 10.2. The van der Waals surface area contributed by atoms with E-state index in [4.69, 9.17) is 6.42 Å². The highest BCUT2D eigenvalue weighted by molar-refractivity contribution is 5.97. The SMILES string of the molecule is C#CC(C)N1C(=O)C(C)NC(=O)C1C(C)C. The van der Waals surface area contributed by atoms with Gasteiger partial charge in [0.2, 0.25) is 11.8 Å². The summed E-state index contributed by atoms with van der Waals surface area (Å²) in [5, 5.41) is 2.67. The number of hydrogen-bond acceptors (Lipinski definition) is 2. The van der Waals surface area contributed by atoms with Crippen LogP contribution in [-0.2, 0) is 9.59 Å². The van der Waals surface area contributed by atoms with Crippen molar-refractivity contribution in [3.8, 4) is 12.3 Å². The number of carbonyl (C=O) groups excluding carboxylic acids is 2. The summed E-state index contributed by atoms with van der Waals surface area (Å²) in [6.07, 6.45) is 5.34. The number of hydrogen-bond donors (Lipinski definition) is 1. The van der Waals surface area contributed by atoms with Gasteiger partial charge in [-0.25, -0.2) is 0 Å². The summed E-state index contributed by atoms with van der Waals surface area (Å²) in [4.78, 5) is 25.4. The van der Waals surface area contributed by atoms with Crippen molar-refractivity contribution in [1.29, 1.82) is 0 Å². The van der Waals surface area contributed by atoms with Gasteiger partial charge in [0.05, 0.1) is 6.04 Å². The predicted molar refractivity (Wildman–Crippen MR) is 61.4 cm³/mol. The van der Waals surface area contributed by atoms with E-state index in [9.17, 15) is 9.59 Å². The lowest BCUT2D eigenvalue weighted by Gasteiger charge is -2.41. The molecule has 4 heteroatoms. The minimum absolute atomic E-state index is 0.0484. The molecule has 0 aromatic carbocycles. The summed E-state index contributed by atoms with van der Waals surface area (Å²) in [7, 11) is 0. The van der Waals surface area contributed by atoms with E-state index in [2.05, 4.69) is 11.2 Å². The normalized spacial score (nSPS) is 27.6. The van der Waals surface area contributed by atoms with E-state index in [1.165, 1.54) is 4.90 Å². The van der Waals surface area contributed by atoms with E-state index in [0.717, 1.165) is 0 Å². The summed E-state index contributed by atoms with van der Waals surface area (Å²) >= 11 is 0. The maximum atomic E-state index is 12.0. The van der Waals surface area contributed by atoms with Crippen molar-refractivity contribution >= 4 is 11.8 Å². The Hall–Kier alpha value is -1.50. The molecule has 0 aliphatic carbocycles. The molecule has 1 fully saturated rings. The van der Waals surface area contributed by atoms with E-state index in [0.29, 0.717) is 0 Å². The molecule has 0 bridgehead atoms. The summed E-state index contributed by atoms with van der Waals surface area (Å²) < 4.78 is 0. The van der Waals surface area contributed by atoms with E-state index >= 15 is 0 Å². The number of amides is 2. The van der Waals surface area contributed by atoms with Crippen LogP contribution in [0.25, 0.3) is 0 Å². The lowest BCUT2D eigenvalue weighted by molar-refractivity contribution is -0.151. The van der Waals surface area contributed by atoms with Crippen LogP contribution in [-0.4, -0.2) is 34.8 Å². The highest BCUT2D eigenvalue weighted by Crippen LogP contribution is 2.19. The third-order valence-corrected chi connectivity index (χ3v) is 2.84. The van der Waals surface area contributed by atoms with Gasteiger partial charge in [-0.2, -0.15) is 0 Å². The molecule has 3 atom stereocenters. The van der Waals surface area contributed by atoms with Crippen LogP contribution in [0.1, 0.15) is 27.7 Å². The molecule has 1 rings (SSSR count). The van der Waals surface area contributed by atoms with Crippen LogP contribution in [0, 0.1) is 18.3 Å². The molecule has 1 heterocycles. The molecular weight excluding hydrogens is 204 g/mol. The summed E-state index contributed by atoms with van der Waals surface area (Å²) in [6.45, 7) is 7.25. The molecule has 3 unspecified atom stereocenters. The van der Waals surface area contributed by atoms with Crippen molar-refractivity contribution in [3.63, 3.8) is 0 Å². The molecule has 1 saturated heterocycles. The van der Waals surface area contributed by atoms with Crippen molar-refractivity contribution in [2.75, 3.05) is 0 Å². The first-order chi connectivity index (χ1) is 7.40. The van der Waals surface area contributed by atoms with Crippen molar-refractivity contribution < 1.29 is 9.59 Å². The van der Waals surface area contributed by atoms with Crippen LogP contribution < -0.4 is 5.32 Å². The van der Waals surface area contributed by atoms with Crippen LogP contribution in [0.15, 0.2) is 0 Å². The maximum absolute atomic E-state index is 12.0. The van der Waals surface area contributed by atoms with E-state index in [1.54, 1.807) is 13.8 Å². The summed E-state index contributed by atoms with van der Waals surface area (Å²) in [6, 6.07) is -1.30. The maximum Gasteiger partial charge on any atom is 0.246 e. The van der Waals surface area contributed by atoms with Gasteiger partial charge in [0, 0.05) is 0 Å². The lowest BCUT2D eigenvalue weighted by atomic mass is 9.96. The largest absolute Gasteiger partial charge is 0.343 e. The van der Waals surface area contributed by atoms with Crippen molar-refractivity contribution in [3.05, 3.63) is 0 Å². The molecule has 1 aliphatic rings. The zero-order valence-corrected chi connectivity index (χ0v) is 10.2. The average molecular weight is 222 g/mol. The quantitative estimate of drug-likeness (QED) is 0.687. The Morgan fingerprint density at radius 3 is 2.38 bits per heavy atom. The number of terminal acetylenes is 1. The molecule has 0 spiro atoms. The molecule has 0 aromatic rings. The van der Waals surface area contributed by atoms with Gasteiger partial charge in [0.25, 0.3) is 0 Å². The van der Waals surface area contributed by atoms with Gasteiger partial charge in [-0.15, -0.1) is 6.42 Å². The number of nitrogens with zero attached hydrogens (tertiary/aromatic N) is 1. The van der Waals surface area contributed by atoms with E-state index in [-0.39, 0.29) is 23.8 Å². The Morgan fingerprint density at radius 2 is 1.94 bits per heavy atom. The van der Waals surface area contributed by atoms with Gasteiger partial charge in [-0.05, 0) is 19.8 Å². The molecule has 0 saturated carbocycles. The monoisotopic (exact) mass is 222 g/mol. The second kappa shape index (κ2) is 4.56. The molecule has 88 valence electrons. The zero-order chi connectivity index (χ0) is 12.5. The molecule has 16 heavy (non-hydrogen) atoms. The Morgan fingerprint density at radius 1 is 1.38 bits per heavy atom. The van der Waals surface area contributed by atoms with Gasteiger partial charge in [-0.3, -0.25) is 9.59 Å². The van der Waals surface area contributed by atoms with Crippen molar-refractivity contribution in [1.82, 2.24) is 10.2 Å². The standard InChI is InChI=1S/C12H18N2O2/c1-6-8(4)14-10(7(2)3)11(15)13-9(5)12(14)16/h1,7-10H,2-5H3,(H,13,15). The van der Waals surface area contributed by atoms with Crippen LogP contribution in [0.3, 0.4) is 0 Å². The topological polar surface area (TPSA) is 49.4 Å². The summed E-state index contributed by atoms with van der Waals surface area (Å²) in [5.74, 6) is 2.34. The first-order valence-electron chi connectivity index (χ1n) is 5.48. The number of carbonyl (C=O) groups is 2. The van der Waals surface area contributed by atoms with Crippen LogP contribution in [0.2, 0.25) is 0 Å². The minimum Gasteiger partial charge on any atom is -0.343 e. The Labute approximate surface area is 96.4 Å². The number of piperazine rings is 1. The first-order valence-corrected chi connectivity index (χ1v) is 5.48. The molecule has 1 aliphatic heterocycles. The van der Waals surface area contributed by atoms with E-state index < -0.39 is 12.1 Å². The molecule has 0 aromatic heterocycles. The van der Waals surface area contributed by atoms with Gasteiger partial charge in [0.15, 0.2) is 0 Å². The van der Waals surface area contributed by atoms with Crippen molar-refractivity contribution in [2.24, 2.45) is 5.92 Å². The Bertz CT molecular complexity index is 343. The first kappa shape index (κ1) is 12.6. The fourth-order valence-electron chi connectivity index (χ4n) is 1.98. The third-order valence-electron chi connectivity index (χ3n) is 2.84. The summed E-state index contributed by atoms with van der Waals surface area (Å²) in [5.41, 5.74) is 0. The molecule has 4 nitrogen and oxygen atoms in total. The fourth-order valence-corrected chi connectivity index (χ4v) is 1.98. The fraction of sp³-hybridized carbons (Fsp3) is 0.667. The van der Waals surface area contributed by atoms with Crippen molar-refractivity contribution in [2.45, 2.75) is 45.8 Å². The highest BCUT2D eigenvalue weighted by Gasteiger charge is 2.41. The van der Waals surface area contributed by atoms with Gasteiger partial charge >= 0.3 is 0 Å². The van der Waals surface area contributed by atoms with E-state index in [1.807, 2.05) is 13.8 Å². The predicted octanol–water partition coefficient (Wildman–Crippen LogP) is 0.380. The second-order valence-corrected chi connectivity index (χ2v) is 4.51. The van der Waals surface area contributed by atoms with Crippen LogP contribution in [0.4, 0.5) is 0 Å². The minimum atomic E-state index is -0.488.